The molecule has 1 unspecified atom stereocenters. The molecule has 0 aromatic carbocycles. The van der Waals surface area contributed by atoms with Crippen LogP contribution in [0.3, 0.4) is 0 Å². The van der Waals surface area contributed by atoms with Crippen molar-refractivity contribution in [1.82, 2.24) is 19.6 Å². The molecule has 0 aliphatic rings. The molecule has 17 heavy (non-hydrogen) atoms. The lowest BCUT2D eigenvalue weighted by Gasteiger charge is -2.21. The van der Waals surface area contributed by atoms with Crippen LogP contribution in [0.5, 0.6) is 5.88 Å². The van der Waals surface area contributed by atoms with E-state index in [-0.39, 0.29) is 5.25 Å². The van der Waals surface area contributed by atoms with Crippen LogP contribution in [0.1, 0.15) is 17.7 Å². The monoisotopic (exact) mass is 253 g/mol. The highest BCUT2D eigenvalue weighted by Crippen LogP contribution is 2.35. The third kappa shape index (κ3) is 1.90. The predicted molar refractivity (Wildman–Crippen MR) is 69.1 cm³/mol. The smallest absolute Gasteiger partial charge is 0.257 e. The number of rotatable bonds is 3. The van der Waals surface area contributed by atoms with Crippen LogP contribution in [0.25, 0.3) is 5.78 Å². The van der Waals surface area contributed by atoms with Gasteiger partial charge in [-0.25, -0.2) is 0 Å². The Labute approximate surface area is 105 Å². The Kier molecular flexibility index (Phi) is 3.10. The minimum Gasteiger partial charge on any atom is -0.481 e. The van der Waals surface area contributed by atoms with Crippen molar-refractivity contribution in [2.24, 2.45) is 0 Å². The summed E-state index contributed by atoms with van der Waals surface area (Å²) in [5.41, 5.74) is 0.902. The van der Waals surface area contributed by atoms with Crippen LogP contribution in [0, 0.1) is 0 Å². The highest BCUT2D eigenvalue weighted by Gasteiger charge is 2.21. The van der Waals surface area contributed by atoms with Gasteiger partial charge in [0.1, 0.15) is 12.1 Å². The molecule has 1 atom stereocenters. The van der Waals surface area contributed by atoms with Crippen LogP contribution >= 0.6 is 12.6 Å². The van der Waals surface area contributed by atoms with E-state index >= 15 is 0 Å². The van der Waals surface area contributed by atoms with Gasteiger partial charge in [0.05, 0.1) is 12.7 Å². The zero-order chi connectivity index (χ0) is 12.6. The number of nitrogens with zero attached hydrogens (tertiary/aromatic N) is 5. The zero-order valence-corrected chi connectivity index (χ0v) is 11.1. The van der Waals surface area contributed by atoms with Gasteiger partial charge in [-0.15, -0.1) is 0 Å². The van der Waals surface area contributed by atoms with E-state index in [9.17, 15) is 0 Å². The van der Waals surface area contributed by atoms with Crippen LogP contribution in [0.2, 0.25) is 0 Å². The number of fused-ring (bicyclic) bond motifs is 1. The molecule has 0 amide bonds. The number of ether oxygens (including phenoxy) is 1. The summed E-state index contributed by atoms with van der Waals surface area (Å²) in [4.78, 5) is 10.3. The van der Waals surface area contributed by atoms with Gasteiger partial charge in [0, 0.05) is 19.3 Å². The van der Waals surface area contributed by atoms with Crippen LogP contribution in [0.15, 0.2) is 6.33 Å². The molecule has 0 saturated carbocycles. The highest BCUT2D eigenvalue weighted by atomic mass is 32.1. The molecule has 0 aliphatic heterocycles. The van der Waals surface area contributed by atoms with Crippen LogP contribution in [-0.4, -0.2) is 40.8 Å². The lowest BCUT2D eigenvalue weighted by molar-refractivity contribution is 0.392. The van der Waals surface area contributed by atoms with Crippen LogP contribution in [0.4, 0.5) is 5.82 Å². The largest absolute Gasteiger partial charge is 0.481 e. The van der Waals surface area contributed by atoms with Crippen molar-refractivity contribution in [3.8, 4) is 5.88 Å². The topological polar surface area (TPSA) is 55.6 Å². The van der Waals surface area contributed by atoms with Crippen LogP contribution < -0.4 is 9.64 Å². The maximum Gasteiger partial charge on any atom is 0.257 e. The summed E-state index contributed by atoms with van der Waals surface area (Å²) in [5, 5.41) is 4.16. The first-order valence-corrected chi connectivity index (χ1v) is 5.71. The van der Waals surface area contributed by atoms with E-state index < -0.39 is 0 Å². The first kappa shape index (κ1) is 12.0. The average Bonchev–Trinajstić information content (AvgIpc) is 2.73. The lowest BCUT2D eigenvalue weighted by atomic mass is 10.2. The second kappa shape index (κ2) is 4.40. The summed E-state index contributed by atoms with van der Waals surface area (Å²) in [5.74, 6) is 1.94. The Balaban J connectivity index is 2.84. The molecule has 6 nitrogen and oxygen atoms in total. The first-order valence-electron chi connectivity index (χ1n) is 5.19. The van der Waals surface area contributed by atoms with Gasteiger partial charge in [0.25, 0.3) is 5.78 Å². The van der Waals surface area contributed by atoms with Crippen molar-refractivity contribution >= 4 is 24.2 Å². The molecule has 92 valence electrons. The van der Waals surface area contributed by atoms with Crippen molar-refractivity contribution in [3.05, 3.63) is 11.9 Å². The van der Waals surface area contributed by atoms with Gasteiger partial charge in [-0.3, -0.25) is 0 Å². The van der Waals surface area contributed by atoms with Crippen molar-refractivity contribution in [2.75, 3.05) is 26.1 Å². The number of hydrogen-bond donors (Lipinski definition) is 1. The third-order valence-electron chi connectivity index (χ3n) is 2.44. The summed E-state index contributed by atoms with van der Waals surface area (Å²) >= 11 is 4.47. The Morgan fingerprint density at radius 3 is 2.71 bits per heavy atom. The molecular formula is C10H15N5OS. The Bertz CT molecular complexity index is 537. The van der Waals surface area contributed by atoms with Crippen LogP contribution in [-0.2, 0) is 0 Å². The molecule has 2 aromatic rings. The van der Waals surface area contributed by atoms with Crippen molar-refractivity contribution in [2.45, 2.75) is 12.2 Å². The molecule has 0 fully saturated rings. The van der Waals surface area contributed by atoms with E-state index in [0.717, 1.165) is 11.4 Å². The molecule has 2 heterocycles. The van der Waals surface area contributed by atoms with E-state index in [1.807, 2.05) is 25.9 Å². The van der Waals surface area contributed by atoms with Gasteiger partial charge in [0.2, 0.25) is 5.88 Å². The highest BCUT2D eigenvalue weighted by molar-refractivity contribution is 7.80. The molecule has 2 aromatic heterocycles. The van der Waals surface area contributed by atoms with Gasteiger partial charge < -0.3 is 9.64 Å². The number of hydrogen-bond acceptors (Lipinski definition) is 6. The normalized spacial score (nSPS) is 12.8. The molecule has 0 spiro atoms. The lowest BCUT2D eigenvalue weighted by Crippen LogP contribution is -2.18. The second-order valence-corrected chi connectivity index (χ2v) is 4.68. The standard InChI is InChI=1S/C10H15N5OS/c1-6(17)7-8(16-4)13-10-11-5-12-15(10)9(7)14(2)3/h5-6,17H,1-4H3. The molecule has 0 N–H and O–H groups in total. The van der Waals surface area contributed by atoms with Gasteiger partial charge in [-0.2, -0.15) is 32.2 Å². The van der Waals surface area contributed by atoms with Gasteiger partial charge in [-0.1, -0.05) is 0 Å². The van der Waals surface area contributed by atoms with Crippen molar-refractivity contribution < 1.29 is 4.74 Å². The van der Waals surface area contributed by atoms with E-state index in [1.54, 1.807) is 11.6 Å². The first-order chi connectivity index (χ1) is 8.06. The molecule has 0 bridgehead atoms. The average molecular weight is 253 g/mol. The summed E-state index contributed by atoms with van der Waals surface area (Å²) in [7, 11) is 5.47. The number of thiol groups is 1. The van der Waals surface area contributed by atoms with E-state index in [1.165, 1.54) is 6.33 Å². The Hall–Kier alpha value is -1.50. The summed E-state index contributed by atoms with van der Waals surface area (Å²) in [6.45, 7) is 1.97. The summed E-state index contributed by atoms with van der Waals surface area (Å²) in [6.07, 6.45) is 1.47. The maximum atomic E-state index is 5.31. The fourth-order valence-corrected chi connectivity index (χ4v) is 2.00. The minimum atomic E-state index is -0.0107. The number of anilines is 1. The second-order valence-electron chi connectivity index (χ2n) is 3.90. The van der Waals surface area contributed by atoms with Gasteiger partial charge >= 0.3 is 0 Å². The van der Waals surface area contributed by atoms with E-state index in [2.05, 4.69) is 27.7 Å². The maximum absolute atomic E-state index is 5.31. The fraction of sp³-hybridized carbons (Fsp3) is 0.500. The summed E-state index contributed by atoms with van der Waals surface area (Å²) in [6, 6.07) is 0. The Morgan fingerprint density at radius 1 is 1.47 bits per heavy atom. The predicted octanol–water partition coefficient (Wildman–Crippen LogP) is 1.19. The molecule has 0 radical (unpaired) electrons. The van der Waals surface area contributed by atoms with E-state index in [0.29, 0.717) is 11.7 Å². The molecule has 0 aliphatic carbocycles. The number of aromatic nitrogens is 4. The quantitative estimate of drug-likeness (QED) is 0.833. The zero-order valence-electron chi connectivity index (χ0n) is 10.2. The number of methoxy groups -OCH3 is 1. The fourth-order valence-electron chi connectivity index (χ4n) is 1.77. The molecule has 0 saturated heterocycles. The SMILES string of the molecule is COc1nc2ncnn2c(N(C)C)c1C(C)S. The third-order valence-corrected chi connectivity index (χ3v) is 2.70. The molecule has 7 heteroatoms. The molecular weight excluding hydrogens is 238 g/mol. The minimum absolute atomic E-state index is 0.0107. The molecule has 2 rings (SSSR count). The van der Waals surface area contributed by atoms with Crippen molar-refractivity contribution in [1.29, 1.82) is 0 Å². The Morgan fingerprint density at radius 2 is 2.18 bits per heavy atom. The van der Waals surface area contributed by atoms with E-state index in [4.69, 9.17) is 4.74 Å². The van der Waals surface area contributed by atoms with Gasteiger partial charge in [0.15, 0.2) is 0 Å². The summed E-state index contributed by atoms with van der Waals surface area (Å²) < 4.78 is 6.99. The van der Waals surface area contributed by atoms with Crippen molar-refractivity contribution in [3.63, 3.8) is 0 Å². The van der Waals surface area contributed by atoms with Gasteiger partial charge in [-0.05, 0) is 6.92 Å².